The van der Waals surface area contributed by atoms with Gasteiger partial charge in [-0.25, -0.2) is 0 Å². The van der Waals surface area contributed by atoms with Crippen LogP contribution in [0.25, 0.3) is 0 Å². The molecule has 26 heavy (non-hydrogen) atoms. The number of rotatable bonds is 6. The number of nitrogens with one attached hydrogen (secondary N) is 1. The van der Waals surface area contributed by atoms with Gasteiger partial charge in [-0.05, 0) is 36.8 Å². The van der Waals surface area contributed by atoms with Crippen molar-refractivity contribution >= 4 is 11.6 Å². The summed E-state index contributed by atoms with van der Waals surface area (Å²) in [7, 11) is 0. The summed E-state index contributed by atoms with van der Waals surface area (Å²) in [6.45, 7) is 2.70. The first kappa shape index (κ1) is 17.5. The topological polar surface area (TPSA) is 99.9 Å². The summed E-state index contributed by atoms with van der Waals surface area (Å²) in [5, 5.41) is 13.4. The first-order valence-corrected chi connectivity index (χ1v) is 8.09. The normalized spacial score (nSPS) is 13.6. The Morgan fingerprint density at radius 1 is 1.19 bits per heavy atom. The molecule has 0 aliphatic carbocycles. The maximum absolute atomic E-state index is 12.1. The molecule has 1 heterocycles. The van der Waals surface area contributed by atoms with E-state index in [0.29, 0.717) is 30.5 Å². The molecule has 2 aromatic carbocycles. The molecule has 1 amide bonds. The van der Waals surface area contributed by atoms with Crippen LogP contribution >= 0.6 is 0 Å². The van der Waals surface area contributed by atoms with Crippen LogP contribution in [0.15, 0.2) is 42.5 Å². The van der Waals surface area contributed by atoms with Gasteiger partial charge in [0.25, 0.3) is 11.6 Å². The molecule has 2 aromatic rings. The zero-order valence-electron chi connectivity index (χ0n) is 14.1. The smallest absolute Gasteiger partial charge is 0.269 e. The van der Waals surface area contributed by atoms with E-state index in [9.17, 15) is 14.9 Å². The number of carbonyl (C=O) groups is 1. The Balaban J connectivity index is 1.53. The van der Waals surface area contributed by atoms with Crippen LogP contribution in [0.2, 0.25) is 0 Å². The van der Waals surface area contributed by atoms with Crippen LogP contribution in [0.1, 0.15) is 18.5 Å². The second-order valence-corrected chi connectivity index (χ2v) is 5.73. The third-order valence-electron chi connectivity index (χ3n) is 3.86. The average Bonchev–Trinajstić information content (AvgIpc) is 2.66. The number of nitro benzene ring substituents is 1. The van der Waals surface area contributed by atoms with Gasteiger partial charge in [-0.3, -0.25) is 14.9 Å². The van der Waals surface area contributed by atoms with E-state index in [0.717, 1.165) is 5.56 Å². The molecule has 1 unspecified atom stereocenters. The molecule has 8 heteroatoms. The zero-order chi connectivity index (χ0) is 18.5. The van der Waals surface area contributed by atoms with E-state index in [1.165, 1.54) is 24.3 Å². The van der Waals surface area contributed by atoms with Gasteiger partial charge in [0.05, 0.1) is 11.0 Å². The average molecular weight is 358 g/mol. The first-order valence-electron chi connectivity index (χ1n) is 8.09. The minimum atomic E-state index is -0.495. The van der Waals surface area contributed by atoms with Gasteiger partial charge in [0.1, 0.15) is 19.0 Å². The van der Waals surface area contributed by atoms with Gasteiger partial charge >= 0.3 is 0 Å². The SMILES string of the molecule is CC(NC(=O)COc1ccc([N+](=O)[O-])cc1)c1ccc2c(c1)OCCO2. The van der Waals surface area contributed by atoms with Crippen LogP contribution in [-0.4, -0.2) is 30.7 Å². The highest BCUT2D eigenvalue weighted by Gasteiger charge is 2.16. The van der Waals surface area contributed by atoms with Crippen molar-refractivity contribution in [1.82, 2.24) is 5.32 Å². The summed E-state index contributed by atoms with van der Waals surface area (Å²) >= 11 is 0. The van der Waals surface area contributed by atoms with Gasteiger partial charge in [-0.2, -0.15) is 0 Å². The lowest BCUT2D eigenvalue weighted by atomic mass is 10.1. The molecule has 0 fully saturated rings. The van der Waals surface area contributed by atoms with Crippen LogP contribution in [-0.2, 0) is 4.79 Å². The van der Waals surface area contributed by atoms with E-state index in [2.05, 4.69) is 5.32 Å². The number of hydrogen-bond donors (Lipinski definition) is 1. The Kier molecular flexibility index (Phi) is 5.21. The molecule has 1 aliphatic heterocycles. The van der Waals surface area contributed by atoms with Gasteiger partial charge < -0.3 is 19.5 Å². The van der Waals surface area contributed by atoms with Crippen molar-refractivity contribution in [2.45, 2.75) is 13.0 Å². The standard InChI is InChI=1S/C18H18N2O6/c1-12(13-2-7-16-17(10-13)25-9-8-24-16)19-18(21)11-26-15-5-3-14(4-6-15)20(22)23/h2-7,10,12H,8-9,11H2,1H3,(H,19,21). The summed E-state index contributed by atoms with van der Waals surface area (Å²) in [5.74, 6) is 1.44. The predicted molar refractivity (Wildman–Crippen MR) is 92.6 cm³/mol. The van der Waals surface area contributed by atoms with Crippen molar-refractivity contribution in [1.29, 1.82) is 0 Å². The molecule has 0 spiro atoms. The lowest BCUT2D eigenvalue weighted by molar-refractivity contribution is -0.384. The molecule has 1 atom stereocenters. The van der Waals surface area contributed by atoms with Crippen LogP contribution in [0, 0.1) is 10.1 Å². The number of benzene rings is 2. The summed E-state index contributed by atoms with van der Waals surface area (Å²) < 4.78 is 16.4. The van der Waals surface area contributed by atoms with Crippen molar-refractivity contribution in [3.8, 4) is 17.2 Å². The molecule has 0 aromatic heterocycles. The minimum Gasteiger partial charge on any atom is -0.486 e. The van der Waals surface area contributed by atoms with Crippen molar-refractivity contribution < 1.29 is 23.9 Å². The van der Waals surface area contributed by atoms with Crippen LogP contribution in [0.4, 0.5) is 5.69 Å². The van der Waals surface area contributed by atoms with E-state index < -0.39 is 4.92 Å². The summed E-state index contributed by atoms with van der Waals surface area (Å²) in [5.41, 5.74) is 0.854. The lowest BCUT2D eigenvalue weighted by Crippen LogP contribution is -2.31. The van der Waals surface area contributed by atoms with Crippen LogP contribution in [0.3, 0.4) is 0 Å². The Hall–Kier alpha value is -3.29. The Morgan fingerprint density at radius 2 is 1.88 bits per heavy atom. The quantitative estimate of drug-likeness (QED) is 0.629. The monoisotopic (exact) mass is 358 g/mol. The summed E-state index contributed by atoms with van der Waals surface area (Å²) in [4.78, 5) is 22.2. The second kappa shape index (κ2) is 7.73. The fraction of sp³-hybridized carbons (Fsp3) is 0.278. The Bertz CT molecular complexity index is 806. The molecule has 1 aliphatic rings. The van der Waals surface area contributed by atoms with Crippen LogP contribution < -0.4 is 19.5 Å². The number of nitro groups is 1. The molecule has 1 N–H and O–H groups in total. The molecule has 136 valence electrons. The van der Waals surface area contributed by atoms with Crippen molar-refractivity contribution in [3.05, 3.63) is 58.1 Å². The number of fused-ring (bicyclic) bond motifs is 1. The molecule has 0 saturated carbocycles. The number of ether oxygens (including phenoxy) is 3. The summed E-state index contributed by atoms with van der Waals surface area (Å²) in [6, 6.07) is 10.9. The van der Waals surface area contributed by atoms with Gasteiger partial charge in [-0.15, -0.1) is 0 Å². The van der Waals surface area contributed by atoms with Gasteiger partial charge in [0.15, 0.2) is 18.1 Å². The fourth-order valence-corrected chi connectivity index (χ4v) is 2.51. The highest BCUT2D eigenvalue weighted by atomic mass is 16.6. The fourth-order valence-electron chi connectivity index (χ4n) is 2.51. The molecule has 0 bridgehead atoms. The minimum absolute atomic E-state index is 0.0333. The predicted octanol–water partition coefficient (Wildman–Crippen LogP) is 2.62. The molecular weight excluding hydrogens is 340 g/mol. The Morgan fingerprint density at radius 3 is 2.58 bits per heavy atom. The van der Waals surface area contributed by atoms with Gasteiger partial charge in [0.2, 0.25) is 0 Å². The van der Waals surface area contributed by atoms with Crippen molar-refractivity contribution in [3.63, 3.8) is 0 Å². The lowest BCUT2D eigenvalue weighted by Gasteiger charge is -2.21. The Labute approximate surface area is 149 Å². The molecule has 0 radical (unpaired) electrons. The van der Waals surface area contributed by atoms with E-state index in [1.807, 2.05) is 25.1 Å². The first-order chi connectivity index (χ1) is 12.5. The van der Waals surface area contributed by atoms with Crippen molar-refractivity contribution in [2.75, 3.05) is 19.8 Å². The molecule has 8 nitrogen and oxygen atoms in total. The van der Waals surface area contributed by atoms with Crippen molar-refractivity contribution in [2.24, 2.45) is 0 Å². The van der Waals surface area contributed by atoms with Gasteiger partial charge in [0, 0.05) is 12.1 Å². The number of non-ortho nitro benzene ring substituents is 1. The second-order valence-electron chi connectivity index (χ2n) is 5.73. The third kappa shape index (κ3) is 4.21. The van der Waals surface area contributed by atoms with Gasteiger partial charge in [-0.1, -0.05) is 6.07 Å². The maximum Gasteiger partial charge on any atom is 0.269 e. The highest BCUT2D eigenvalue weighted by Crippen LogP contribution is 2.32. The largest absolute Gasteiger partial charge is 0.486 e. The molecule has 0 saturated heterocycles. The zero-order valence-corrected chi connectivity index (χ0v) is 14.1. The molecular formula is C18H18N2O6. The number of amides is 1. The van der Waals surface area contributed by atoms with E-state index in [4.69, 9.17) is 14.2 Å². The maximum atomic E-state index is 12.1. The molecule has 3 rings (SSSR count). The summed E-state index contributed by atoms with van der Waals surface area (Å²) in [6.07, 6.45) is 0. The van der Waals surface area contributed by atoms with Crippen LogP contribution in [0.5, 0.6) is 17.2 Å². The highest BCUT2D eigenvalue weighted by molar-refractivity contribution is 5.78. The van der Waals surface area contributed by atoms with E-state index >= 15 is 0 Å². The van der Waals surface area contributed by atoms with E-state index in [1.54, 1.807) is 0 Å². The number of carbonyl (C=O) groups excluding carboxylic acids is 1. The number of hydrogen-bond acceptors (Lipinski definition) is 6. The van der Waals surface area contributed by atoms with E-state index in [-0.39, 0.29) is 24.2 Å². The number of nitrogens with zero attached hydrogens (tertiary/aromatic N) is 1. The third-order valence-corrected chi connectivity index (χ3v) is 3.86.